The van der Waals surface area contributed by atoms with Crippen molar-refractivity contribution in [1.82, 2.24) is 15.1 Å². The van der Waals surface area contributed by atoms with Crippen LogP contribution < -0.4 is 10.6 Å². The van der Waals surface area contributed by atoms with E-state index in [1.54, 1.807) is 4.90 Å². The van der Waals surface area contributed by atoms with Gasteiger partial charge in [0.1, 0.15) is 0 Å². The second-order valence-corrected chi connectivity index (χ2v) is 8.20. The van der Waals surface area contributed by atoms with Crippen LogP contribution in [0.1, 0.15) is 17.2 Å². The third-order valence-electron chi connectivity index (χ3n) is 5.93. The SMILES string of the molecule is O=C(CNC(Cc1ccccc1)c1ccccc1)N1CCN(C(=O)Nc2ccccc2)CC1. The molecule has 1 fully saturated rings. The van der Waals surface area contributed by atoms with Crippen LogP contribution in [0.2, 0.25) is 0 Å². The lowest BCUT2D eigenvalue weighted by molar-refractivity contribution is -0.131. The van der Waals surface area contributed by atoms with Gasteiger partial charge in [-0.25, -0.2) is 4.79 Å². The zero-order chi connectivity index (χ0) is 22.9. The van der Waals surface area contributed by atoms with Gasteiger partial charge >= 0.3 is 6.03 Å². The summed E-state index contributed by atoms with van der Waals surface area (Å²) in [6, 6.07) is 29.9. The quantitative estimate of drug-likeness (QED) is 0.583. The average Bonchev–Trinajstić information content (AvgIpc) is 2.88. The fraction of sp³-hybridized carbons (Fsp3) is 0.259. The molecule has 1 atom stereocenters. The minimum absolute atomic E-state index is 0.0514. The zero-order valence-corrected chi connectivity index (χ0v) is 18.7. The number of nitrogens with one attached hydrogen (secondary N) is 2. The van der Waals surface area contributed by atoms with Crippen molar-refractivity contribution in [3.63, 3.8) is 0 Å². The highest BCUT2D eigenvalue weighted by atomic mass is 16.2. The monoisotopic (exact) mass is 442 g/mol. The molecule has 1 saturated heterocycles. The highest BCUT2D eigenvalue weighted by molar-refractivity contribution is 5.89. The van der Waals surface area contributed by atoms with E-state index in [2.05, 4.69) is 34.9 Å². The number of nitrogens with zero attached hydrogens (tertiary/aromatic N) is 2. The van der Waals surface area contributed by atoms with Gasteiger partial charge < -0.3 is 20.4 Å². The van der Waals surface area contributed by atoms with Gasteiger partial charge in [-0.3, -0.25) is 4.79 Å². The number of anilines is 1. The van der Waals surface area contributed by atoms with Crippen molar-refractivity contribution >= 4 is 17.6 Å². The molecule has 3 aromatic rings. The molecule has 1 aliphatic heterocycles. The second kappa shape index (κ2) is 11.3. The molecule has 4 rings (SSSR count). The molecule has 170 valence electrons. The van der Waals surface area contributed by atoms with Crippen LogP contribution in [-0.2, 0) is 11.2 Å². The third-order valence-corrected chi connectivity index (χ3v) is 5.93. The number of carbonyl (C=O) groups is 2. The van der Waals surface area contributed by atoms with E-state index in [9.17, 15) is 9.59 Å². The van der Waals surface area contributed by atoms with Crippen LogP contribution in [0.15, 0.2) is 91.0 Å². The van der Waals surface area contributed by atoms with Crippen LogP contribution >= 0.6 is 0 Å². The normalized spacial score (nSPS) is 14.5. The molecule has 3 aromatic carbocycles. The van der Waals surface area contributed by atoms with Crippen LogP contribution in [0.3, 0.4) is 0 Å². The lowest BCUT2D eigenvalue weighted by Gasteiger charge is -2.35. The van der Waals surface area contributed by atoms with Gasteiger partial charge in [-0.15, -0.1) is 0 Å². The summed E-state index contributed by atoms with van der Waals surface area (Å²) < 4.78 is 0. The maximum Gasteiger partial charge on any atom is 0.321 e. The van der Waals surface area contributed by atoms with Crippen LogP contribution in [0.5, 0.6) is 0 Å². The van der Waals surface area contributed by atoms with Gasteiger partial charge in [0.05, 0.1) is 6.54 Å². The number of benzene rings is 3. The van der Waals surface area contributed by atoms with Crippen molar-refractivity contribution in [3.8, 4) is 0 Å². The number of rotatable bonds is 7. The first-order chi connectivity index (χ1) is 16.2. The van der Waals surface area contributed by atoms with E-state index in [0.29, 0.717) is 26.2 Å². The van der Waals surface area contributed by atoms with Gasteiger partial charge in [0.15, 0.2) is 0 Å². The Kier molecular flexibility index (Phi) is 7.72. The smallest absolute Gasteiger partial charge is 0.321 e. The summed E-state index contributed by atoms with van der Waals surface area (Å²) in [7, 11) is 0. The first kappa shape index (κ1) is 22.6. The molecule has 3 amide bonds. The highest BCUT2D eigenvalue weighted by Gasteiger charge is 2.24. The van der Waals surface area contributed by atoms with Crippen LogP contribution in [0.25, 0.3) is 0 Å². The molecule has 0 aromatic heterocycles. The maximum atomic E-state index is 12.9. The number of hydrogen-bond acceptors (Lipinski definition) is 3. The van der Waals surface area contributed by atoms with Crippen molar-refractivity contribution in [2.45, 2.75) is 12.5 Å². The Morgan fingerprint density at radius 3 is 1.91 bits per heavy atom. The van der Waals surface area contributed by atoms with Crippen molar-refractivity contribution in [2.75, 3.05) is 38.0 Å². The number of piperazine rings is 1. The molecule has 1 aliphatic rings. The second-order valence-electron chi connectivity index (χ2n) is 8.20. The molecule has 0 bridgehead atoms. The Bertz CT molecular complexity index is 1020. The first-order valence-electron chi connectivity index (χ1n) is 11.4. The number of carbonyl (C=O) groups excluding carboxylic acids is 2. The maximum absolute atomic E-state index is 12.9. The molecule has 0 radical (unpaired) electrons. The number of para-hydroxylation sites is 1. The van der Waals surface area contributed by atoms with Crippen LogP contribution in [0.4, 0.5) is 10.5 Å². The molecule has 6 nitrogen and oxygen atoms in total. The highest BCUT2D eigenvalue weighted by Crippen LogP contribution is 2.18. The third kappa shape index (κ3) is 6.43. The van der Waals surface area contributed by atoms with Gasteiger partial charge in [0.25, 0.3) is 0 Å². The largest absolute Gasteiger partial charge is 0.338 e. The van der Waals surface area contributed by atoms with Crippen molar-refractivity contribution in [2.24, 2.45) is 0 Å². The van der Waals surface area contributed by atoms with E-state index in [1.807, 2.05) is 71.6 Å². The van der Waals surface area contributed by atoms with E-state index >= 15 is 0 Å². The summed E-state index contributed by atoms with van der Waals surface area (Å²) in [4.78, 5) is 29.0. The summed E-state index contributed by atoms with van der Waals surface area (Å²) >= 11 is 0. The summed E-state index contributed by atoms with van der Waals surface area (Å²) in [5.41, 5.74) is 3.16. The Hall–Kier alpha value is -3.64. The summed E-state index contributed by atoms with van der Waals surface area (Å²) in [5, 5.41) is 6.37. The minimum atomic E-state index is -0.126. The van der Waals surface area contributed by atoms with E-state index in [4.69, 9.17) is 0 Å². The summed E-state index contributed by atoms with van der Waals surface area (Å²) in [6.45, 7) is 2.39. The molecule has 0 saturated carbocycles. The molecule has 33 heavy (non-hydrogen) atoms. The number of urea groups is 1. The van der Waals surface area contributed by atoms with Gasteiger partial charge in [-0.2, -0.15) is 0 Å². The summed E-state index contributed by atoms with van der Waals surface area (Å²) in [6.07, 6.45) is 0.811. The van der Waals surface area contributed by atoms with Crippen LogP contribution in [0, 0.1) is 0 Å². The number of amides is 3. The molecule has 6 heteroatoms. The molecular formula is C27H30N4O2. The fourth-order valence-electron chi connectivity index (χ4n) is 4.05. The average molecular weight is 443 g/mol. The van der Waals surface area contributed by atoms with Crippen LogP contribution in [-0.4, -0.2) is 54.5 Å². The van der Waals surface area contributed by atoms with Crippen molar-refractivity contribution in [1.29, 1.82) is 0 Å². The standard InChI is InChI=1S/C27H30N4O2/c32-26(30-16-18-31(19-17-30)27(33)29-24-14-8-3-9-15-24)21-28-25(23-12-6-2-7-13-23)20-22-10-4-1-5-11-22/h1-15,25,28H,16-21H2,(H,29,33). The van der Waals surface area contributed by atoms with Gasteiger partial charge in [0.2, 0.25) is 5.91 Å². The molecule has 0 aliphatic carbocycles. The summed E-state index contributed by atoms with van der Waals surface area (Å²) in [5.74, 6) is 0.0621. The van der Waals surface area contributed by atoms with Crippen molar-refractivity contribution < 1.29 is 9.59 Å². The van der Waals surface area contributed by atoms with Gasteiger partial charge in [-0.1, -0.05) is 78.9 Å². The fourth-order valence-corrected chi connectivity index (χ4v) is 4.05. The Morgan fingerprint density at radius 2 is 1.27 bits per heavy atom. The first-order valence-corrected chi connectivity index (χ1v) is 11.4. The zero-order valence-electron chi connectivity index (χ0n) is 18.7. The molecule has 2 N–H and O–H groups in total. The lowest BCUT2D eigenvalue weighted by Crippen LogP contribution is -2.53. The van der Waals surface area contributed by atoms with Crippen molar-refractivity contribution in [3.05, 3.63) is 102 Å². The predicted octanol–water partition coefficient (Wildman–Crippen LogP) is 3.94. The lowest BCUT2D eigenvalue weighted by atomic mass is 9.99. The molecule has 0 spiro atoms. The molecular weight excluding hydrogens is 412 g/mol. The van der Waals surface area contributed by atoms with E-state index in [0.717, 1.165) is 17.7 Å². The van der Waals surface area contributed by atoms with E-state index in [1.165, 1.54) is 5.56 Å². The topological polar surface area (TPSA) is 64.7 Å². The molecule has 1 unspecified atom stereocenters. The van der Waals surface area contributed by atoms with E-state index in [-0.39, 0.29) is 24.5 Å². The van der Waals surface area contributed by atoms with Gasteiger partial charge in [0, 0.05) is 37.9 Å². The Balaban J connectivity index is 1.29. The Morgan fingerprint density at radius 1 is 0.727 bits per heavy atom. The minimum Gasteiger partial charge on any atom is -0.338 e. The van der Waals surface area contributed by atoms with Gasteiger partial charge in [-0.05, 0) is 29.7 Å². The number of hydrogen-bond donors (Lipinski definition) is 2. The predicted molar refractivity (Wildman–Crippen MR) is 131 cm³/mol. The van der Waals surface area contributed by atoms with E-state index < -0.39 is 0 Å². The Labute approximate surface area is 195 Å². The molecule has 1 heterocycles.